The molecule has 7 rings (SSSR count). The van der Waals surface area contributed by atoms with E-state index in [0.717, 1.165) is 32.1 Å². The summed E-state index contributed by atoms with van der Waals surface area (Å²) in [7, 11) is 1.44. The van der Waals surface area contributed by atoms with Crippen molar-refractivity contribution in [1.29, 1.82) is 0 Å². The van der Waals surface area contributed by atoms with E-state index in [1.54, 1.807) is 0 Å². The van der Waals surface area contributed by atoms with Crippen molar-refractivity contribution >= 4 is 17.7 Å². The fourth-order valence-corrected chi connectivity index (χ4v) is 9.63. The quantitative estimate of drug-likeness (QED) is 0.465. The zero-order valence-corrected chi connectivity index (χ0v) is 18.4. The average molecular weight is 430 g/mol. The second kappa shape index (κ2) is 5.19. The van der Waals surface area contributed by atoms with Gasteiger partial charge in [0.1, 0.15) is 22.9 Å². The maximum absolute atomic E-state index is 13.2. The molecule has 10 atom stereocenters. The van der Waals surface area contributed by atoms with Gasteiger partial charge in [-0.05, 0) is 44.4 Å². The lowest BCUT2D eigenvalue weighted by Crippen LogP contribution is -2.68. The number of hydrogen-bond acceptors (Lipinski definition) is 7. The van der Waals surface area contributed by atoms with Gasteiger partial charge in [-0.1, -0.05) is 13.8 Å². The SMILES string of the molecule is COC(=O)[C@H]1CC23OC2C(=O)CC[C@]3(C)C23O[C@H]2C[C@@]2(C)C(CC[C@]24CCC(=O)O4)C13. The summed E-state index contributed by atoms with van der Waals surface area (Å²) in [5.74, 6) is -0.325. The second-order valence-corrected chi connectivity index (χ2v) is 11.7. The molecule has 0 N–H and O–H groups in total. The first-order chi connectivity index (χ1) is 14.7. The van der Waals surface area contributed by atoms with Gasteiger partial charge < -0.3 is 18.9 Å². The van der Waals surface area contributed by atoms with Gasteiger partial charge in [-0.2, -0.15) is 0 Å². The smallest absolute Gasteiger partial charge is 0.309 e. The Morgan fingerprint density at radius 1 is 1.06 bits per heavy atom. The third-order valence-electron chi connectivity index (χ3n) is 11.2. The van der Waals surface area contributed by atoms with Crippen LogP contribution in [0.5, 0.6) is 0 Å². The van der Waals surface area contributed by atoms with Gasteiger partial charge in [0.25, 0.3) is 0 Å². The summed E-state index contributed by atoms with van der Waals surface area (Å²) >= 11 is 0. The number of ether oxygens (including phenoxy) is 4. The molecule has 7 heteroatoms. The molecule has 0 aromatic rings. The molecule has 31 heavy (non-hydrogen) atoms. The van der Waals surface area contributed by atoms with Crippen LogP contribution in [0.2, 0.25) is 0 Å². The van der Waals surface area contributed by atoms with Crippen molar-refractivity contribution in [2.45, 2.75) is 94.2 Å². The molecule has 7 fully saturated rings. The van der Waals surface area contributed by atoms with E-state index in [1.807, 2.05) is 0 Å². The summed E-state index contributed by atoms with van der Waals surface area (Å²) in [6, 6.07) is 0. The third-order valence-corrected chi connectivity index (χ3v) is 11.2. The van der Waals surface area contributed by atoms with Gasteiger partial charge in [0.05, 0.1) is 19.1 Å². The molecule has 4 aliphatic carbocycles. The number of ketones is 1. The Balaban J connectivity index is 1.37. The van der Waals surface area contributed by atoms with Crippen LogP contribution in [0.1, 0.15) is 65.2 Å². The van der Waals surface area contributed by atoms with E-state index < -0.39 is 22.9 Å². The highest BCUT2D eigenvalue weighted by Crippen LogP contribution is 2.82. The highest BCUT2D eigenvalue weighted by molar-refractivity contribution is 5.89. The summed E-state index contributed by atoms with van der Waals surface area (Å²) in [5, 5.41) is 0. The van der Waals surface area contributed by atoms with Crippen molar-refractivity contribution in [2.24, 2.45) is 28.6 Å². The number of esters is 2. The van der Waals surface area contributed by atoms with Crippen LogP contribution in [0.4, 0.5) is 0 Å². The highest BCUT2D eigenvalue weighted by Gasteiger charge is 2.91. The molecule has 0 aromatic heterocycles. The summed E-state index contributed by atoms with van der Waals surface area (Å²) in [6.07, 6.45) is 5.22. The van der Waals surface area contributed by atoms with Gasteiger partial charge in [-0.3, -0.25) is 14.4 Å². The second-order valence-electron chi connectivity index (χ2n) is 11.7. The molecule has 0 radical (unpaired) electrons. The minimum atomic E-state index is -0.601. The lowest BCUT2D eigenvalue weighted by molar-refractivity contribution is -0.184. The van der Waals surface area contributed by atoms with Crippen molar-refractivity contribution in [3.63, 3.8) is 0 Å². The number of carbonyl (C=O) groups excluding carboxylic acids is 3. The summed E-state index contributed by atoms with van der Waals surface area (Å²) < 4.78 is 24.2. The highest BCUT2D eigenvalue weighted by atomic mass is 16.6. The maximum Gasteiger partial charge on any atom is 0.309 e. The Kier molecular flexibility index (Phi) is 3.19. The lowest BCUT2D eigenvalue weighted by Gasteiger charge is -2.59. The molecular formula is C24H30O7. The number of methoxy groups -OCH3 is 1. The van der Waals surface area contributed by atoms with Gasteiger partial charge in [0.15, 0.2) is 5.78 Å². The zero-order valence-electron chi connectivity index (χ0n) is 18.4. The topological polar surface area (TPSA) is 94.7 Å². The predicted octanol–water partition coefficient (Wildman–Crippen LogP) is 2.34. The number of epoxide rings is 2. The van der Waals surface area contributed by atoms with Gasteiger partial charge in [-0.25, -0.2) is 0 Å². The fraction of sp³-hybridized carbons (Fsp3) is 0.875. The van der Waals surface area contributed by atoms with Crippen LogP contribution in [-0.4, -0.2) is 53.8 Å². The number of Topliss-reactive ketones (excluding diaryl/α,β-unsaturated/α-hetero) is 1. The molecule has 7 aliphatic rings. The van der Waals surface area contributed by atoms with E-state index in [4.69, 9.17) is 18.9 Å². The fourth-order valence-electron chi connectivity index (χ4n) is 9.63. The van der Waals surface area contributed by atoms with Gasteiger partial charge in [0.2, 0.25) is 0 Å². The van der Waals surface area contributed by atoms with Crippen LogP contribution in [0.25, 0.3) is 0 Å². The molecule has 0 aromatic carbocycles. The molecule has 3 aliphatic heterocycles. The van der Waals surface area contributed by atoms with E-state index in [1.165, 1.54) is 7.11 Å². The van der Waals surface area contributed by atoms with Crippen molar-refractivity contribution < 1.29 is 33.3 Å². The first-order valence-corrected chi connectivity index (χ1v) is 11.9. The van der Waals surface area contributed by atoms with Crippen LogP contribution >= 0.6 is 0 Å². The van der Waals surface area contributed by atoms with E-state index in [9.17, 15) is 14.4 Å². The van der Waals surface area contributed by atoms with Gasteiger partial charge >= 0.3 is 11.9 Å². The first kappa shape index (κ1) is 19.0. The molecule has 0 bridgehead atoms. The monoisotopic (exact) mass is 430 g/mol. The summed E-state index contributed by atoms with van der Waals surface area (Å²) in [4.78, 5) is 37.9. The Morgan fingerprint density at radius 3 is 2.58 bits per heavy atom. The summed E-state index contributed by atoms with van der Waals surface area (Å²) in [6.45, 7) is 4.50. The number of fused-ring (bicyclic) bond motifs is 3. The number of carbonyl (C=O) groups is 3. The molecule has 4 saturated carbocycles. The third kappa shape index (κ3) is 1.77. The average Bonchev–Trinajstić information content (AvgIpc) is 3.59. The predicted molar refractivity (Wildman–Crippen MR) is 105 cm³/mol. The Labute approximate surface area is 181 Å². The van der Waals surface area contributed by atoms with Crippen molar-refractivity contribution in [3.8, 4) is 0 Å². The number of rotatable bonds is 1. The molecule has 5 unspecified atom stereocenters. The minimum absolute atomic E-state index is 0.000380. The van der Waals surface area contributed by atoms with Gasteiger partial charge in [0, 0.05) is 29.6 Å². The van der Waals surface area contributed by atoms with E-state index in [-0.39, 0.29) is 52.4 Å². The lowest BCUT2D eigenvalue weighted by atomic mass is 9.41. The molecule has 3 heterocycles. The molecular weight excluding hydrogens is 400 g/mol. The standard InChI is InChI=1S/C24H30O7/c1-20-11-15-24(29-15)17(13(20)4-8-22(20)9-6-16(26)30-22)12(19(27)28-3)10-23-18(31-23)14(25)5-7-21(23,24)2/h12-13,15,17-18H,4-11H2,1-3H3/t12-,13?,15-,17?,18?,20-,21-,22-,23?,24?/m0/s1. The van der Waals surface area contributed by atoms with Crippen LogP contribution in [0.3, 0.4) is 0 Å². The molecule has 7 nitrogen and oxygen atoms in total. The minimum Gasteiger partial charge on any atom is -0.469 e. The summed E-state index contributed by atoms with van der Waals surface area (Å²) in [5.41, 5.74) is -2.00. The molecule has 3 spiro atoms. The Bertz CT molecular complexity index is 946. The Hall–Kier alpha value is -1.47. The van der Waals surface area contributed by atoms with Crippen LogP contribution < -0.4 is 0 Å². The maximum atomic E-state index is 13.2. The first-order valence-electron chi connectivity index (χ1n) is 11.9. The molecule has 3 saturated heterocycles. The molecule has 0 amide bonds. The van der Waals surface area contributed by atoms with E-state index >= 15 is 0 Å². The van der Waals surface area contributed by atoms with E-state index in [0.29, 0.717) is 19.3 Å². The van der Waals surface area contributed by atoms with E-state index in [2.05, 4.69) is 13.8 Å². The van der Waals surface area contributed by atoms with Crippen LogP contribution in [0, 0.1) is 28.6 Å². The van der Waals surface area contributed by atoms with Crippen molar-refractivity contribution in [3.05, 3.63) is 0 Å². The zero-order chi connectivity index (χ0) is 21.6. The van der Waals surface area contributed by atoms with Crippen molar-refractivity contribution in [1.82, 2.24) is 0 Å². The van der Waals surface area contributed by atoms with Crippen LogP contribution in [-0.2, 0) is 33.3 Å². The normalized spacial score (nSPS) is 60.3. The number of hydrogen-bond donors (Lipinski definition) is 0. The van der Waals surface area contributed by atoms with Crippen molar-refractivity contribution in [2.75, 3.05) is 7.11 Å². The van der Waals surface area contributed by atoms with Gasteiger partial charge in [-0.15, -0.1) is 0 Å². The molecule has 168 valence electrons. The largest absolute Gasteiger partial charge is 0.469 e. The van der Waals surface area contributed by atoms with Crippen LogP contribution in [0.15, 0.2) is 0 Å². The Morgan fingerprint density at radius 2 is 1.87 bits per heavy atom.